The van der Waals surface area contributed by atoms with Gasteiger partial charge in [0, 0.05) is 29.4 Å². The van der Waals surface area contributed by atoms with Gasteiger partial charge in [-0.2, -0.15) is 13.8 Å². The third-order valence-electron chi connectivity index (χ3n) is 2.93. The Morgan fingerprint density at radius 3 is 2.88 bits per heavy atom. The van der Waals surface area contributed by atoms with Crippen LogP contribution in [0.15, 0.2) is 35.5 Å². The van der Waals surface area contributed by atoms with Crippen molar-refractivity contribution in [3.63, 3.8) is 0 Å². The molecule has 2 heterocycles. The fraction of sp³-hybridized carbons (Fsp3) is 0.250. The first-order valence-electron chi connectivity index (χ1n) is 10.7. The quantitative estimate of drug-likeness (QED) is 0.623. The zero-order valence-corrected chi connectivity index (χ0v) is 14.0. The zero-order valence-electron chi connectivity index (χ0n) is 21.2. The molecule has 1 N–H and O–H groups in total. The van der Waals surface area contributed by atoms with Crippen molar-refractivity contribution in [2.75, 3.05) is 14.2 Å². The molecule has 0 aliphatic carbocycles. The Morgan fingerprint density at radius 2 is 2.19 bits per heavy atom. The standard InChI is InChI=1S/C16H15F2N3O4S/c1-23-13-5-6-19-12(14(13)24-2)8-26(22)16-20-10-4-3-9(25-15(17)18)7-11(10)21-16/h3-7,15H,8H2,1-2H3,(H,20,21)/i3D,4D,5D,6D,7D,8D2,15D. The Balaban J connectivity index is 2.19. The van der Waals surface area contributed by atoms with E-state index in [0.717, 1.165) is 14.2 Å². The van der Waals surface area contributed by atoms with Gasteiger partial charge in [0.1, 0.15) is 11.4 Å². The predicted octanol–water partition coefficient (Wildman–Crippen LogP) is 2.88. The third kappa shape index (κ3) is 3.81. The lowest BCUT2D eigenvalue weighted by molar-refractivity contribution is -0.0497. The number of hydrogen-bond donors (Lipinski definition) is 1. The van der Waals surface area contributed by atoms with Crippen molar-refractivity contribution in [2.24, 2.45) is 0 Å². The number of rotatable bonds is 7. The van der Waals surface area contributed by atoms with Crippen LogP contribution in [0.3, 0.4) is 0 Å². The van der Waals surface area contributed by atoms with E-state index in [9.17, 15) is 13.3 Å². The van der Waals surface area contributed by atoms with Gasteiger partial charge in [-0.3, -0.25) is 9.97 Å². The van der Waals surface area contributed by atoms with Gasteiger partial charge >= 0.3 is 11.7 Å². The van der Waals surface area contributed by atoms with E-state index in [1.54, 1.807) is 0 Å². The van der Waals surface area contributed by atoms with Crippen LogP contribution in [0.4, 0.5) is 8.78 Å². The van der Waals surface area contributed by atoms with Crippen molar-refractivity contribution in [1.82, 2.24) is 15.0 Å². The lowest BCUT2D eigenvalue weighted by Gasteiger charge is -2.12. The Labute approximate surface area is 161 Å². The van der Waals surface area contributed by atoms with Gasteiger partial charge in [0.05, 0.1) is 34.8 Å². The Kier molecular flexibility index (Phi) is 3.14. The van der Waals surface area contributed by atoms with Crippen LogP contribution >= 0.6 is 0 Å². The molecule has 0 bridgehead atoms. The Hall–Kier alpha value is -2.59. The highest BCUT2D eigenvalue weighted by atomic mass is 32.2. The first-order chi connectivity index (χ1) is 15.7. The van der Waals surface area contributed by atoms with Crippen LogP contribution < -0.4 is 14.2 Å². The number of aromatic nitrogens is 3. The summed E-state index contributed by atoms with van der Waals surface area (Å²) in [5, 5.41) is -0.652. The number of hydrogen-bond acceptors (Lipinski definition) is 6. The molecule has 10 heteroatoms. The minimum Gasteiger partial charge on any atom is -0.609 e. The molecule has 0 spiro atoms. The first kappa shape index (κ1) is 10.5. The summed E-state index contributed by atoms with van der Waals surface area (Å²) in [7, 11) is 2.26. The highest BCUT2D eigenvalue weighted by Crippen LogP contribution is 2.31. The average molecular weight is 391 g/mol. The number of fused-ring (bicyclic) bond motifs is 1. The van der Waals surface area contributed by atoms with Crippen LogP contribution in [-0.4, -0.2) is 40.3 Å². The predicted molar refractivity (Wildman–Crippen MR) is 90.2 cm³/mol. The van der Waals surface area contributed by atoms with E-state index in [-0.39, 0.29) is 5.75 Å². The number of nitrogens with zero attached hydrogens (tertiary/aromatic N) is 2. The van der Waals surface area contributed by atoms with Gasteiger partial charge in [-0.05, 0) is 12.1 Å². The molecule has 1 atom stereocenters. The van der Waals surface area contributed by atoms with Gasteiger partial charge < -0.3 is 18.8 Å². The Morgan fingerprint density at radius 1 is 1.38 bits per heavy atom. The van der Waals surface area contributed by atoms with Gasteiger partial charge in [-0.1, -0.05) is 0 Å². The van der Waals surface area contributed by atoms with Gasteiger partial charge in [0.2, 0.25) is 0 Å². The molecule has 26 heavy (non-hydrogen) atoms. The summed E-state index contributed by atoms with van der Waals surface area (Å²) in [6, 6.07) is -3.17. The number of benzene rings is 1. The van der Waals surface area contributed by atoms with E-state index >= 15 is 0 Å². The maximum atomic E-state index is 13.2. The molecule has 0 amide bonds. The molecule has 0 aliphatic rings. The van der Waals surface area contributed by atoms with Crippen molar-refractivity contribution >= 4 is 22.2 Å². The maximum absolute atomic E-state index is 13.2. The summed E-state index contributed by atoms with van der Waals surface area (Å²) < 4.78 is 116. The fourth-order valence-corrected chi connectivity index (χ4v) is 2.68. The third-order valence-corrected chi connectivity index (χ3v) is 3.85. The topological polar surface area (TPSA) is 92.3 Å². The molecule has 7 nitrogen and oxygen atoms in total. The number of alkyl halides is 2. The highest BCUT2D eigenvalue weighted by molar-refractivity contribution is 7.90. The van der Waals surface area contributed by atoms with Crippen LogP contribution in [0.1, 0.15) is 16.7 Å². The lowest BCUT2D eigenvalue weighted by atomic mass is 10.3. The van der Waals surface area contributed by atoms with Gasteiger partial charge in [0.25, 0.3) is 0 Å². The van der Waals surface area contributed by atoms with Crippen molar-refractivity contribution in [1.29, 1.82) is 0 Å². The molecule has 3 rings (SSSR count). The highest BCUT2D eigenvalue weighted by Gasteiger charge is 2.22. The molecule has 0 saturated carbocycles. The van der Waals surface area contributed by atoms with Crippen molar-refractivity contribution in [3.8, 4) is 17.2 Å². The summed E-state index contributed by atoms with van der Waals surface area (Å²) in [5.74, 6) is -1.83. The smallest absolute Gasteiger partial charge is 0.387 e. The normalized spacial score (nSPS) is 17.7. The molecule has 0 radical (unpaired) electrons. The van der Waals surface area contributed by atoms with E-state index in [4.69, 9.17) is 20.4 Å². The Bertz CT molecular complexity index is 1270. The summed E-state index contributed by atoms with van der Waals surface area (Å²) in [5.41, 5.74) is -4.50. The van der Waals surface area contributed by atoms with Gasteiger partial charge in [0.15, 0.2) is 18.6 Å². The van der Waals surface area contributed by atoms with Crippen LogP contribution in [-0.2, 0) is 16.9 Å². The van der Waals surface area contributed by atoms with E-state index in [0.29, 0.717) is 0 Å². The number of ether oxygens (including phenoxy) is 3. The van der Waals surface area contributed by atoms with E-state index < -0.39 is 87.2 Å². The summed E-state index contributed by atoms with van der Waals surface area (Å²) >= 11 is -2.79. The number of H-pyrrole nitrogens is 1. The average Bonchev–Trinajstić information content (AvgIpc) is 3.21. The second kappa shape index (κ2) is 7.75. The van der Waals surface area contributed by atoms with E-state index in [1.807, 2.05) is 0 Å². The van der Waals surface area contributed by atoms with Crippen LogP contribution in [0.25, 0.3) is 11.0 Å². The van der Waals surface area contributed by atoms with Crippen LogP contribution in [0.2, 0.25) is 0 Å². The number of pyridine rings is 1. The minimum atomic E-state index is -4.51. The second-order valence-electron chi connectivity index (χ2n) is 4.43. The molecule has 0 aliphatic heterocycles. The molecule has 1 aromatic carbocycles. The number of methoxy groups -OCH3 is 2. The van der Waals surface area contributed by atoms with Crippen molar-refractivity contribution in [3.05, 3.63) is 36.0 Å². The number of imidazole rings is 1. The van der Waals surface area contributed by atoms with Gasteiger partial charge in [-0.25, -0.2) is 0 Å². The second-order valence-corrected chi connectivity index (χ2v) is 5.56. The SMILES string of the molecule is [2H]c1nc(C([2H])([2H])[S+]([O-])c2nc3c([2H])c([2H])c(OC([2H])(F)F)c([2H])c3[nH]2)c(OC)c(OC)c1[2H]. The molecule has 0 fully saturated rings. The lowest BCUT2D eigenvalue weighted by Crippen LogP contribution is -2.10. The van der Waals surface area contributed by atoms with Crippen molar-refractivity contribution < 1.29 is 38.5 Å². The van der Waals surface area contributed by atoms with E-state index in [2.05, 4.69) is 19.7 Å². The van der Waals surface area contributed by atoms with Crippen LogP contribution in [0.5, 0.6) is 17.2 Å². The monoisotopic (exact) mass is 391 g/mol. The molecular weight excluding hydrogens is 368 g/mol. The molecule has 3 aromatic rings. The molecule has 138 valence electrons. The van der Waals surface area contributed by atoms with Crippen molar-refractivity contribution in [2.45, 2.75) is 17.4 Å². The zero-order chi connectivity index (χ0) is 25.7. The molecule has 1 unspecified atom stereocenters. The number of aromatic amines is 1. The first-order valence-corrected chi connectivity index (χ1v) is 7.88. The van der Waals surface area contributed by atoms with E-state index in [1.165, 1.54) is 0 Å². The molecule has 0 saturated heterocycles. The largest absolute Gasteiger partial charge is 0.609 e. The number of halogens is 2. The number of nitrogens with one attached hydrogen (secondary N) is 1. The molecule has 2 aromatic heterocycles. The fourth-order valence-electron chi connectivity index (χ4n) is 1.90. The summed E-state index contributed by atoms with van der Waals surface area (Å²) in [4.78, 5) is 9.78. The summed E-state index contributed by atoms with van der Waals surface area (Å²) in [6.45, 7) is -4.51. The molecular formula is C16H15F2N3O4S. The minimum absolute atomic E-state index is 0.332. The summed E-state index contributed by atoms with van der Waals surface area (Å²) in [6.07, 6.45) is -0.697. The van der Waals surface area contributed by atoms with Crippen LogP contribution in [0, 0.1) is 0 Å². The van der Waals surface area contributed by atoms with Gasteiger partial charge in [-0.15, -0.1) is 0 Å². The maximum Gasteiger partial charge on any atom is 0.387 e.